The average Bonchev–Trinajstić information content (AvgIpc) is 2.10. The van der Waals surface area contributed by atoms with Crippen molar-refractivity contribution in [2.45, 2.75) is 41.5 Å². The predicted octanol–water partition coefficient (Wildman–Crippen LogP) is 3.52. The van der Waals surface area contributed by atoms with Crippen molar-refractivity contribution in [1.82, 2.24) is 4.90 Å². The fourth-order valence-electron chi connectivity index (χ4n) is 0.995. The van der Waals surface area contributed by atoms with E-state index < -0.39 is 0 Å². The summed E-state index contributed by atoms with van der Waals surface area (Å²) in [5.41, 5.74) is 1.25. The van der Waals surface area contributed by atoms with Crippen LogP contribution in [-0.2, 0) is 0 Å². The van der Waals surface area contributed by atoms with E-state index in [1.54, 1.807) is 0 Å². The molecule has 0 spiro atoms. The molecule has 1 heteroatoms. The van der Waals surface area contributed by atoms with Gasteiger partial charge in [-0.2, -0.15) is 0 Å². The van der Waals surface area contributed by atoms with Gasteiger partial charge in [-0.3, -0.25) is 0 Å². The third kappa shape index (κ3) is 5.22. The maximum Gasteiger partial charge on any atom is 0.0146 e. The molecule has 0 atom stereocenters. The Hall–Kier alpha value is -0.460. The number of allylic oxidation sites excluding steroid dienone is 1. The maximum absolute atomic E-state index is 4.02. The Labute approximate surface area is 78.5 Å². The minimum absolute atomic E-state index is 0.583. The molecule has 0 aliphatic carbocycles. The van der Waals surface area contributed by atoms with Crippen molar-refractivity contribution in [2.75, 3.05) is 13.1 Å². The first-order valence-corrected chi connectivity index (χ1v) is 5.07. The Morgan fingerprint density at radius 2 is 1.50 bits per heavy atom. The fraction of sp³-hybridized carbons (Fsp3) is 0.818. The Kier molecular flexibility index (Phi) is 10.1. The number of rotatable bonds is 4. The summed E-state index contributed by atoms with van der Waals surface area (Å²) in [5, 5.41) is 0. The zero-order chi connectivity index (χ0) is 10.1. The Morgan fingerprint density at radius 1 is 1.17 bits per heavy atom. The lowest BCUT2D eigenvalue weighted by Gasteiger charge is -2.25. The van der Waals surface area contributed by atoms with E-state index in [1.165, 1.54) is 5.70 Å². The van der Waals surface area contributed by atoms with Gasteiger partial charge >= 0.3 is 0 Å². The van der Waals surface area contributed by atoms with Crippen LogP contribution in [0.1, 0.15) is 41.5 Å². The van der Waals surface area contributed by atoms with E-state index in [1.807, 2.05) is 13.8 Å². The number of hydrogen-bond acceptors (Lipinski definition) is 1. The quantitative estimate of drug-likeness (QED) is 0.625. The van der Waals surface area contributed by atoms with Gasteiger partial charge in [-0.1, -0.05) is 34.3 Å². The van der Waals surface area contributed by atoms with Crippen molar-refractivity contribution in [3.05, 3.63) is 12.3 Å². The first kappa shape index (κ1) is 14.1. The van der Waals surface area contributed by atoms with Crippen molar-refractivity contribution in [2.24, 2.45) is 5.92 Å². The van der Waals surface area contributed by atoms with Crippen LogP contribution in [-0.4, -0.2) is 18.0 Å². The molecule has 12 heavy (non-hydrogen) atoms. The van der Waals surface area contributed by atoms with E-state index in [2.05, 4.69) is 39.2 Å². The van der Waals surface area contributed by atoms with Crippen molar-refractivity contribution in [3.63, 3.8) is 0 Å². The molecule has 0 aromatic carbocycles. The van der Waals surface area contributed by atoms with Gasteiger partial charge in [0.25, 0.3) is 0 Å². The van der Waals surface area contributed by atoms with E-state index in [-0.39, 0.29) is 0 Å². The average molecular weight is 171 g/mol. The molecule has 0 saturated carbocycles. The highest BCUT2D eigenvalue weighted by Crippen LogP contribution is 2.11. The van der Waals surface area contributed by atoms with Crippen LogP contribution in [0.3, 0.4) is 0 Å². The van der Waals surface area contributed by atoms with Crippen LogP contribution < -0.4 is 0 Å². The lowest BCUT2D eigenvalue weighted by Crippen LogP contribution is -2.24. The number of hydrogen-bond donors (Lipinski definition) is 0. The van der Waals surface area contributed by atoms with E-state index in [0.717, 1.165) is 13.1 Å². The van der Waals surface area contributed by atoms with Crippen molar-refractivity contribution in [3.8, 4) is 0 Å². The largest absolute Gasteiger partial charge is 0.376 e. The van der Waals surface area contributed by atoms with Crippen LogP contribution in [0.5, 0.6) is 0 Å². The first-order valence-electron chi connectivity index (χ1n) is 5.07. The molecular formula is C11H25N. The summed E-state index contributed by atoms with van der Waals surface area (Å²) in [6.45, 7) is 18.9. The molecule has 0 fully saturated rings. The monoisotopic (exact) mass is 171 g/mol. The van der Waals surface area contributed by atoms with Crippen LogP contribution in [0.25, 0.3) is 0 Å². The van der Waals surface area contributed by atoms with Gasteiger partial charge in [-0.05, 0) is 19.8 Å². The normalized spacial score (nSPS) is 8.92. The maximum atomic E-state index is 4.02. The summed E-state index contributed by atoms with van der Waals surface area (Å²) in [6.07, 6.45) is 0. The van der Waals surface area contributed by atoms with Crippen LogP contribution in [0.15, 0.2) is 12.3 Å². The van der Waals surface area contributed by atoms with Gasteiger partial charge in [-0.25, -0.2) is 0 Å². The Morgan fingerprint density at radius 3 is 1.58 bits per heavy atom. The second-order valence-electron chi connectivity index (χ2n) is 2.82. The second-order valence-corrected chi connectivity index (χ2v) is 2.82. The van der Waals surface area contributed by atoms with Crippen molar-refractivity contribution >= 4 is 0 Å². The first-order chi connectivity index (χ1) is 5.63. The molecule has 0 unspecified atom stereocenters. The molecule has 0 radical (unpaired) electrons. The smallest absolute Gasteiger partial charge is 0.0146 e. The van der Waals surface area contributed by atoms with Gasteiger partial charge in [0, 0.05) is 18.8 Å². The molecule has 0 aliphatic rings. The van der Waals surface area contributed by atoms with Gasteiger partial charge in [0.05, 0.1) is 0 Å². The zero-order valence-corrected chi connectivity index (χ0v) is 9.65. The standard InChI is InChI=1S/C9H19N.C2H6/c1-6-10(7-2)9(5)8(3)4;1-2/h8H,5-7H2,1-4H3;1-2H3. The highest BCUT2D eigenvalue weighted by Gasteiger charge is 2.05. The summed E-state index contributed by atoms with van der Waals surface area (Å²) in [7, 11) is 0. The number of nitrogens with zero attached hydrogens (tertiary/aromatic N) is 1. The second kappa shape index (κ2) is 8.63. The third-order valence-corrected chi connectivity index (χ3v) is 1.84. The summed E-state index contributed by atoms with van der Waals surface area (Å²) < 4.78 is 0. The molecule has 1 nitrogen and oxygen atoms in total. The molecule has 0 saturated heterocycles. The Bertz CT molecular complexity index is 102. The third-order valence-electron chi connectivity index (χ3n) is 1.84. The van der Waals surface area contributed by atoms with Crippen LogP contribution in [0, 0.1) is 5.92 Å². The van der Waals surface area contributed by atoms with E-state index >= 15 is 0 Å². The van der Waals surface area contributed by atoms with Gasteiger partial charge in [0.2, 0.25) is 0 Å². The summed E-state index contributed by atoms with van der Waals surface area (Å²) in [5.74, 6) is 0.583. The molecule has 0 bridgehead atoms. The van der Waals surface area contributed by atoms with Crippen LogP contribution in [0.2, 0.25) is 0 Å². The predicted molar refractivity (Wildman–Crippen MR) is 58.2 cm³/mol. The molecule has 0 heterocycles. The highest BCUT2D eigenvalue weighted by atomic mass is 15.1. The van der Waals surface area contributed by atoms with Gasteiger partial charge in [0.1, 0.15) is 0 Å². The molecule has 74 valence electrons. The summed E-state index contributed by atoms with van der Waals surface area (Å²) in [6, 6.07) is 0. The SMILES string of the molecule is C=C(C(C)C)N(CC)CC.CC. The van der Waals surface area contributed by atoms with E-state index in [0.29, 0.717) is 5.92 Å². The summed E-state index contributed by atoms with van der Waals surface area (Å²) in [4.78, 5) is 2.30. The Balaban J connectivity index is 0. The molecule has 0 amide bonds. The van der Waals surface area contributed by atoms with Gasteiger partial charge in [-0.15, -0.1) is 0 Å². The lowest BCUT2D eigenvalue weighted by atomic mass is 10.1. The highest BCUT2D eigenvalue weighted by molar-refractivity contribution is 4.95. The zero-order valence-electron chi connectivity index (χ0n) is 9.65. The van der Waals surface area contributed by atoms with E-state index in [9.17, 15) is 0 Å². The van der Waals surface area contributed by atoms with E-state index in [4.69, 9.17) is 0 Å². The topological polar surface area (TPSA) is 3.24 Å². The molecular weight excluding hydrogens is 146 g/mol. The molecule has 0 aliphatic heterocycles. The lowest BCUT2D eigenvalue weighted by molar-refractivity contribution is 0.346. The minimum Gasteiger partial charge on any atom is -0.376 e. The van der Waals surface area contributed by atoms with Gasteiger partial charge in [0.15, 0.2) is 0 Å². The van der Waals surface area contributed by atoms with Crippen molar-refractivity contribution < 1.29 is 0 Å². The molecule has 0 rings (SSSR count). The molecule has 0 aromatic rings. The summed E-state index contributed by atoms with van der Waals surface area (Å²) >= 11 is 0. The molecule has 0 N–H and O–H groups in total. The molecule has 0 aromatic heterocycles. The van der Waals surface area contributed by atoms with Crippen molar-refractivity contribution in [1.29, 1.82) is 0 Å². The minimum atomic E-state index is 0.583. The fourth-order valence-corrected chi connectivity index (χ4v) is 0.995. The van der Waals surface area contributed by atoms with Crippen LogP contribution >= 0.6 is 0 Å². The van der Waals surface area contributed by atoms with Crippen LogP contribution in [0.4, 0.5) is 0 Å². The van der Waals surface area contributed by atoms with Gasteiger partial charge < -0.3 is 4.90 Å².